The largest absolute Gasteiger partial charge is 0.506 e. The number of nitrogens with one attached hydrogen (secondary N) is 1. The molecule has 0 fully saturated rings. The van der Waals surface area contributed by atoms with Gasteiger partial charge in [-0.1, -0.05) is 6.07 Å². The molecule has 0 spiro atoms. The van der Waals surface area contributed by atoms with Crippen molar-refractivity contribution in [1.82, 2.24) is 0 Å². The highest BCUT2D eigenvalue weighted by molar-refractivity contribution is 7.89. The molecular formula is C7H10N2O3S. The molecule has 72 valence electrons. The molecular weight excluding hydrogens is 192 g/mol. The van der Waals surface area contributed by atoms with Gasteiger partial charge in [-0.05, 0) is 12.1 Å². The number of phenolic OH excluding ortho intramolecular Hbond substituents is 1. The topological polar surface area (TPSA) is 92.4 Å². The molecule has 0 aliphatic carbocycles. The fourth-order valence-electron chi connectivity index (χ4n) is 1.01. The normalized spacial score (nSPS) is 11.2. The van der Waals surface area contributed by atoms with E-state index >= 15 is 0 Å². The zero-order chi connectivity index (χ0) is 10.1. The Bertz CT molecular complexity index is 414. The number of phenols is 1. The first-order valence-corrected chi connectivity index (χ1v) is 5.04. The van der Waals surface area contributed by atoms with E-state index in [2.05, 4.69) is 5.32 Å². The molecule has 0 heterocycles. The summed E-state index contributed by atoms with van der Waals surface area (Å²) < 4.78 is 22.0. The van der Waals surface area contributed by atoms with Gasteiger partial charge in [0.15, 0.2) is 0 Å². The lowest BCUT2D eigenvalue weighted by atomic mass is 10.3. The van der Waals surface area contributed by atoms with Gasteiger partial charge in [0.25, 0.3) is 0 Å². The van der Waals surface area contributed by atoms with Crippen LogP contribution in [0.1, 0.15) is 0 Å². The average molecular weight is 202 g/mol. The Hall–Kier alpha value is -1.27. The number of para-hydroxylation sites is 1. The van der Waals surface area contributed by atoms with Crippen molar-refractivity contribution in [1.29, 1.82) is 0 Å². The first kappa shape index (κ1) is 9.82. The lowest BCUT2D eigenvalue weighted by Gasteiger charge is -2.08. The standard InChI is InChI=1S/C7H10N2O3S/c1-9-7-5(10)3-2-4-6(7)13(8,11)12/h2-4,9-10H,1H3,(H2,8,11,12). The third-order valence-electron chi connectivity index (χ3n) is 1.56. The highest BCUT2D eigenvalue weighted by Gasteiger charge is 2.15. The number of anilines is 1. The van der Waals surface area contributed by atoms with Crippen molar-refractivity contribution in [2.24, 2.45) is 5.14 Å². The van der Waals surface area contributed by atoms with Gasteiger partial charge in [-0.15, -0.1) is 0 Å². The van der Waals surface area contributed by atoms with E-state index < -0.39 is 10.0 Å². The minimum Gasteiger partial charge on any atom is -0.506 e. The first-order valence-electron chi connectivity index (χ1n) is 3.49. The molecule has 6 heteroatoms. The van der Waals surface area contributed by atoms with E-state index in [-0.39, 0.29) is 16.3 Å². The van der Waals surface area contributed by atoms with Crippen LogP contribution in [-0.4, -0.2) is 20.6 Å². The summed E-state index contributed by atoms with van der Waals surface area (Å²) in [7, 11) is -2.29. The van der Waals surface area contributed by atoms with Crippen LogP contribution in [0.5, 0.6) is 5.75 Å². The van der Waals surface area contributed by atoms with Crippen molar-refractivity contribution < 1.29 is 13.5 Å². The van der Waals surface area contributed by atoms with E-state index in [1.54, 1.807) is 0 Å². The van der Waals surface area contributed by atoms with Crippen molar-refractivity contribution in [3.05, 3.63) is 18.2 Å². The summed E-state index contributed by atoms with van der Waals surface area (Å²) in [6, 6.07) is 4.11. The van der Waals surface area contributed by atoms with Gasteiger partial charge in [0, 0.05) is 7.05 Å². The highest BCUT2D eigenvalue weighted by Crippen LogP contribution is 2.28. The van der Waals surface area contributed by atoms with Gasteiger partial charge in [0.1, 0.15) is 10.6 Å². The highest BCUT2D eigenvalue weighted by atomic mass is 32.2. The Kier molecular flexibility index (Phi) is 2.44. The van der Waals surface area contributed by atoms with E-state index in [1.807, 2.05) is 0 Å². The summed E-state index contributed by atoms with van der Waals surface area (Å²) in [5, 5.41) is 16.8. The number of rotatable bonds is 2. The van der Waals surface area contributed by atoms with Crippen molar-refractivity contribution in [2.45, 2.75) is 4.90 Å². The predicted octanol–water partition coefficient (Wildman–Crippen LogP) is 0.0813. The summed E-state index contributed by atoms with van der Waals surface area (Å²) in [4.78, 5) is -0.116. The Morgan fingerprint density at radius 1 is 1.46 bits per heavy atom. The van der Waals surface area contributed by atoms with Crippen LogP contribution >= 0.6 is 0 Å². The number of sulfonamides is 1. The van der Waals surface area contributed by atoms with E-state index in [0.29, 0.717) is 0 Å². The molecule has 1 aromatic carbocycles. The zero-order valence-electron chi connectivity index (χ0n) is 6.98. The molecule has 4 N–H and O–H groups in total. The lowest BCUT2D eigenvalue weighted by Crippen LogP contribution is -2.14. The average Bonchev–Trinajstić information content (AvgIpc) is 2.02. The van der Waals surface area contributed by atoms with Crippen LogP contribution in [0.4, 0.5) is 5.69 Å². The van der Waals surface area contributed by atoms with E-state index in [9.17, 15) is 13.5 Å². The summed E-state index contributed by atoms with van der Waals surface area (Å²) in [5.74, 6) is -0.144. The predicted molar refractivity (Wildman–Crippen MR) is 49.0 cm³/mol. The number of aromatic hydroxyl groups is 1. The van der Waals surface area contributed by atoms with E-state index in [0.717, 1.165) is 0 Å². The third kappa shape index (κ3) is 1.90. The van der Waals surface area contributed by atoms with Crippen LogP contribution in [-0.2, 0) is 10.0 Å². The fraction of sp³-hybridized carbons (Fsp3) is 0.143. The maximum atomic E-state index is 11.0. The van der Waals surface area contributed by atoms with Crippen molar-refractivity contribution >= 4 is 15.7 Å². The molecule has 13 heavy (non-hydrogen) atoms. The van der Waals surface area contributed by atoms with Gasteiger partial charge in [-0.3, -0.25) is 0 Å². The smallest absolute Gasteiger partial charge is 0.240 e. The van der Waals surface area contributed by atoms with Crippen LogP contribution in [0.15, 0.2) is 23.1 Å². The summed E-state index contributed by atoms with van der Waals surface area (Å²) in [6.45, 7) is 0. The van der Waals surface area contributed by atoms with Crippen LogP contribution in [0.2, 0.25) is 0 Å². The quantitative estimate of drug-likeness (QED) is 0.592. The van der Waals surface area contributed by atoms with Gasteiger partial charge >= 0.3 is 0 Å². The van der Waals surface area contributed by atoms with Gasteiger partial charge in [-0.25, -0.2) is 13.6 Å². The zero-order valence-corrected chi connectivity index (χ0v) is 7.80. The van der Waals surface area contributed by atoms with Gasteiger partial charge in [0.05, 0.1) is 5.69 Å². The van der Waals surface area contributed by atoms with Gasteiger partial charge < -0.3 is 10.4 Å². The van der Waals surface area contributed by atoms with Gasteiger partial charge in [0.2, 0.25) is 10.0 Å². The summed E-state index contributed by atoms with van der Waals surface area (Å²) in [6.07, 6.45) is 0. The molecule has 0 saturated carbocycles. The number of hydrogen-bond donors (Lipinski definition) is 3. The SMILES string of the molecule is CNc1c(O)cccc1S(N)(=O)=O. The number of hydrogen-bond acceptors (Lipinski definition) is 4. The summed E-state index contributed by atoms with van der Waals surface area (Å²) in [5.41, 5.74) is 0.116. The van der Waals surface area contributed by atoms with E-state index in [4.69, 9.17) is 5.14 Å². The van der Waals surface area contributed by atoms with Gasteiger partial charge in [-0.2, -0.15) is 0 Å². The van der Waals surface area contributed by atoms with Crippen molar-refractivity contribution in [3.63, 3.8) is 0 Å². The Morgan fingerprint density at radius 3 is 2.46 bits per heavy atom. The molecule has 1 aromatic rings. The maximum absolute atomic E-state index is 11.0. The molecule has 0 atom stereocenters. The molecule has 0 radical (unpaired) electrons. The second kappa shape index (κ2) is 3.23. The number of benzene rings is 1. The van der Waals surface area contributed by atoms with Crippen LogP contribution in [0, 0.1) is 0 Å². The lowest BCUT2D eigenvalue weighted by molar-refractivity contribution is 0.475. The Morgan fingerprint density at radius 2 is 2.08 bits per heavy atom. The number of primary sulfonamides is 1. The number of nitrogens with two attached hydrogens (primary N) is 1. The summed E-state index contributed by atoms with van der Waals surface area (Å²) >= 11 is 0. The minimum atomic E-state index is -3.79. The van der Waals surface area contributed by atoms with Crippen molar-refractivity contribution in [2.75, 3.05) is 12.4 Å². The van der Waals surface area contributed by atoms with Crippen molar-refractivity contribution in [3.8, 4) is 5.75 Å². The monoisotopic (exact) mass is 202 g/mol. The molecule has 0 amide bonds. The van der Waals surface area contributed by atoms with E-state index in [1.165, 1.54) is 25.2 Å². The molecule has 5 nitrogen and oxygen atoms in total. The molecule has 0 aliphatic heterocycles. The molecule has 0 aliphatic rings. The second-order valence-corrected chi connectivity index (χ2v) is 3.98. The molecule has 0 bridgehead atoms. The Balaban J connectivity index is 3.47. The second-order valence-electron chi connectivity index (χ2n) is 2.45. The molecule has 1 rings (SSSR count). The van der Waals surface area contributed by atoms with Crippen LogP contribution in [0.3, 0.4) is 0 Å². The maximum Gasteiger partial charge on any atom is 0.240 e. The molecule has 0 unspecified atom stereocenters. The molecule has 0 aromatic heterocycles. The first-order chi connectivity index (χ1) is 5.96. The molecule has 0 saturated heterocycles. The minimum absolute atomic E-state index is 0.116. The van der Waals surface area contributed by atoms with Crippen LogP contribution in [0.25, 0.3) is 0 Å². The third-order valence-corrected chi connectivity index (χ3v) is 2.51. The van der Waals surface area contributed by atoms with Crippen LogP contribution < -0.4 is 10.5 Å². The Labute approximate surface area is 76.2 Å². The fourth-order valence-corrected chi connectivity index (χ4v) is 1.77.